The van der Waals surface area contributed by atoms with Gasteiger partial charge in [0, 0.05) is 41.2 Å². The molecule has 2 heterocycles. The highest BCUT2D eigenvalue weighted by Crippen LogP contribution is 2.33. The molecule has 0 spiro atoms. The monoisotopic (exact) mass is 449 g/mol. The van der Waals surface area contributed by atoms with Crippen LogP contribution in [0.15, 0.2) is 40.9 Å². The lowest BCUT2D eigenvalue weighted by atomic mass is 10.2. The van der Waals surface area contributed by atoms with Gasteiger partial charge < -0.3 is 9.80 Å². The molecule has 1 amide bonds. The molecule has 134 valence electrons. The SMILES string of the molecule is Cc1c(Cl)ccc2sc(N3CCN(C(=O)c4cccc(Br)c4)CC3)nc12. The number of aromatic nitrogens is 1. The van der Waals surface area contributed by atoms with Crippen molar-refractivity contribution in [1.29, 1.82) is 0 Å². The Morgan fingerprint density at radius 1 is 1.19 bits per heavy atom. The molecule has 4 nitrogen and oxygen atoms in total. The van der Waals surface area contributed by atoms with Crippen molar-refractivity contribution >= 4 is 60.1 Å². The number of carbonyl (C=O) groups is 1. The van der Waals surface area contributed by atoms with Crippen molar-refractivity contribution in [2.45, 2.75) is 6.92 Å². The normalized spacial score (nSPS) is 14.9. The summed E-state index contributed by atoms with van der Waals surface area (Å²) in [6.07, 6.45) is 0. The van der Waals surface area contributed by atoms with E-state index in [9.17, 15) is 4.79 Å². The first kappa shape index (κ1) is 17.8. The Morgan fingerprint density at radius 3 is 2.69 bits per heavy atom. The first-order valence-corrected chi connectivity index (χ1v) is 10.4. The number of benzene rings is 2. The second kappa shape index (κ2) is 7.18. The Hall–Kier alpha value is -1.63. The van der Waals surface area contributed by atoms with Crippen LogP contribution >= 0.6 is 38.9 Å². The molecule has 0 atom stereocenters. The lowest BCUT2D eigenvalue weighted by Gasteiger charge is -2.34. The van der Waals surface area contributed by atoms with Gasteiger partial charge in [-0.15, -0.1) is 0 Å². The molecule has 7 heteroatoms. The molecule has 0 aliphatic carbocycles. The largest absolute Gasteiger partial charge is 0.345 e. The summed E-state index contributed by atoms with van der Waals surface area (Å²) in [5.41, 5.74) is 2.72. The third-order valence-electron chi connectivity index (χ3n) is 4.65. The Labute approximate surface area is 169 Å². The van der Waals surface area contributed by atoms with Gasteiger partial charge in [-0.3, -0.25) is 4.79 Å². The molecule has 0 N–H and O–H groups in total. The van der Waals surface area contributed by atoms with Crippen molar-refractivity contribution in [2.24, 2.45) is 0 Å². The number of aryl methyl sites for hydroxylation is 1. The molecule has 1 aliphatic heterocycles. The van der Waals surface area contributed by atoms with Crippen LogP contribution in [-0.4, -0.2) is 42.0 Å². The highest BCUT2D eigenvalue weighted by molar-refractivity contribution is 9.10. The average Bonchev–Trinajstić information content (AvgIpc) is 3.09. The maximum absolute atomic E-state index is 12.7. The van der Waals surface area contributed by atoms with E-state index in [0.717, 1.165) is 49.1 Å². The quantitative estimate of drug-likeness (QED) is 0.552. The van der Waals surface area contributed by atoms with Gasteiger partial charge in [0.2, 0.25) is 0 Å². The summed E-state index contributed by atoms with van der Waals surface area (Å²) in [4.78, 5) is 21.6. The fourth-order valence-electron chi connectivity index (χ4n) is 3.13. The van der Waals surface area contributed by atoms with Crippen molar-refractivity contribution < 1.29 is 4.79 Å². The van der Waals surface area contributed by atoms with Gasteiger partial charge in [-0.25, -0.2) is 4.98 Å². The Kier molecular flexibility index (Phi) is 4.90. The first-order valence-electron chi connectivity index (χ1n) is 8.38. The number of carbonyl (C=O) groups excluding carboxylic acids is 1. The number of amides is 1. The van der Waals surface area contributed by atoms with E-state index in [0.29, 0.717) is 13.1 Å². The Morgan fingerprint density at radius 2 is 1.96 bits per heavy atom. The van der Waals surface area contributed by atoms with Gasteiger partial charge in [0.05, 0.1) is 10.2 Å². The van der Waals surface area contributed by atoms with E-state index in [1.54, 1.807) is 11.3 Å². The molecule has 1 fully saturated rings. The summed E-state index contributed by atoms with van der Waals surface area (Å²) < 4.78 is 2.07. The fourth-order valence-corrected chi connectivity index (χ4v) is 4.76. The summed E-state index contributed by atoms with van der Waals surface area (Å²) in [5.74, 6) is 0.0814. The first-order chi connectivity index (χ1) is 12.5. The predicted octanol–water partition coefficient (Wildman–Crippen LogP) is 4.98. The van der Waals surface area contributed by atoms with Crippen LogP contribution in [-0.2, 0) is 0 Å². The van der Waals surface area contributed by atoms with Crippen LogP contribution in [0, 0.1) is 6.92 Å². The second-order valence-electron chi connectivity index (χ2n) is 6.31. The van der Waals surface area contributed by atoms with Crippen LogP contribution in [0.2, 0.25) is 5.02 Å². The fraction of sp³-hybridized carbons (Fsp3) is 0.263. The zero-order chi connectivity index (χ0) is 18.3. The standard InChI is InChI=1S/C19H17BrClN3OS/c1-12-15(21)5-6-16-17(12)22-19(26-16)24-9-7-23(8-10-24)18(25)13-3-2-4-14(20)11-13/h2-6,11H,7-10H2,1H3. The number of rotatable bonds is 2. The maximum atomic E-state index is 12.7. The smallest absolute Gasteiger partial charge is 0.254 e. The van der Waals surface area contributed by atoms with Gasteiger partial charge in [0.25, 0.3) is 5.91 Å². The Balaban J connectivity index is 1.48. The van der Waals surface area contributed by atoms with Crippen molar-refractivity contribution in [1.82, 2.24) is 9.88 Å². The average molecular weight is 451 g/mol. The molecule has 26 heavy (non-hydrogen) atoms. The van der Waals surface area contributed by atoms with Crippen molar-refractivity contribution in [3.63, 3.8) is 0 Å². The van der Waals surface area contributed by atoms with Crippen molar-refractivity contribution in [3.05, 3.63) is 57.0 Å². The lowest BCUT2D eigenvalue weighted by Crippen LogP contribution is -2.48. The minimum absolute atomic E-state index is 0.0814. The number of anilines is 1. The number of thiazole rings is 1. The van der Waals surface area contributed by atoms with E-state index in [2.05, 4.69) is 20.8 Å². The summed E-state index contributed by atoms with van der Waals surface area (Å²) in [6.45, 7) is 4.96. The van der Waals surface area contributed by atoms with E-state index in [-0.39, 0.29) is 5.91 Å². The minimum Gasteiger partial charge on any atom is -0.345 e. The summed E-state index contributed by atoms with van der Waals surface area (Å²) in [6, 6.07) is 11.5. The predicted molar refractivity (Wildman–Crippen MR) is 112 cm³/mol. The maximum Gasteiger partial charge on any atom is 0.254 e. The third kappa shape index (κ3) is 3.33. The van der Waals surface area contributed by atoms with Gasteiger partial charge >= 0.3 is 0 Å². The Bertz CT molecular complexity index is 982. The molecular formula is C19H17BrClN3OS. The summed E-state index contributed by atoms with van der Waals surface area (Å²) in [7, 11) is 0. The molecule has 0 radical (unpaired) electrons. The zero-order valence-corrected chi connectivity index (χ0v) is 17.4. The number of nitrogens with zero attached hydrogens (tertiary/aromatic N) is 3. The zero-order valence-electron chi connectivity index (χ0n) is 14.2. The molecule has 4 rings (SSSR count). The summed E-state index contributed by atoms with van der Waals surface area (Å²) >= 11 is 11.3. The molecule has 0 bridgehead atoms. The van der Waals surface area contributed by atoms with Crippen LogP contribution in [0.3, 0.4) is 0 Å². The minimum atomic E-state index is 0.0814. The number of halogens is 2. The molecule has 0 saturated carbocycles. The number of hydrogen-bond acceptors (Lipinski definition) is 4. The number of fused-ring (bicyclic) bond motifs is 1. The van der Waals surface area contributed by atoms with E-state index in [4.69, 9.17) is 16.6 Å². The van der Waals surface area contributed by atoms with Crippen molar-refractivity contribution in [3.8, 4) is 0 Å². The van der Waals surface area contributed by atoms with Crippen LogP contribution < -0.4 is 4.90 Å². The van der Waals surface area contributed by atoms with Crippen LogP contribution in [0.5, 0.6) is 0 Å². The van der Waals surface area contributed by atoms with Gasteiger partial charge in [0.15, 0.2) is 5.13 Å². The summed E-state index contributed by atoms with van der Waals surface area (Å²) in [5, 5.41) is 1.75. The number of piperazine rings is 1. The van der Waals surface area contributed by atoms with E-state index in [1.165, 1.54) is 0 Å². The van der Waals surface area contributed by atoms with Gasteiger partial charge in [-0.05, 0) is 42.8 Å². The molecule has 1 aromatic heterocycles. The molecule has 3 aromatic rings. The highest BCUT2D eigenvalue weighted by Gasteiger charge is 2.24. The van der Waals surface area contributed by atoms with E-state index >= 15 is 0 Å². The lowest BCUT2D eigenvalue weighted by molar-refractivity contribution is 0.0746. The van der Waals surface area contributed by atoms with Gasteiger partial charge in [-0.2, -0.15) is 0 Å². The van der Waals surface area contributed by atoms with E-state index < -0.39 is 0 Å². The second-order valence-corrected chi connectivity index (χ2v) is 8.64. The number of hydrogen-bond donors (Lipinski definition) is 0. The molecule has 1 saturated heterocycles. The molecule has 0 unspecified atom stereocenters. The van der Waals surface area contributed by atoms with Crippen LogP contribution in [0.4, 0.5) is 5.13 Å². The molecule has 1 aliphatic rings. The van der Waals surface area contributed by atoms with Crippen LogP contribution in [0.25, 0.3) is 10.2 Å². The molecule has 2 aromatic carbocycles. The molecular weight excluding hydrogens is 434 g/mol. The highest BCUT2D eigenvalue weighted by atomic mass is 79.9. The van der Waals surface area contributed by atoms with Gasteiger partial charge in [0.1, 0.15) is 0 Å². The third-order valence-corrected chi connectivity index (χ3v) is 6.63. The van der Waals surface area contributed by atoms with E-state index in [1.807, 2.05) is 48.2 Å². The van der Waals surface area contributed by atoms with Crippen molar-refractivity contribution in [2.75, 3.05) is 31.1 Å². The van der Waals surface area contributed by atoms with Gasteiger partial charge in [-0.1, -0.05) is 44.9 Å². The topological polar surface area (TPSA) is 36.4 Å². The van der Waals surface area contributed by atoms with Crippen LogP contribution in [0.1, 0.15) is 15.9 Å².